The van der Waals surface area contributed by atoms with Gasteiger partial charge in [0.1, 0.15) is 17.6 Å². The van der Waals surface area contributed by atoms with Crippen LogP contribution in [0.15, 0.2) is 77.7 Å². The Morgan fingerprint density at radius 3 is 2.02 bits per heavy atom. The summed E-state index contributed by atoms with van der Waals surface area (Å²) in [5, 5.41) is -0.169. The number of rotatable bonds is 8. The van der Waals surface area contributed by atoms with Crippen LogP contribution in [0.1, 0.15) is 41.4 Å². The molecule has 4 aromatic rings. The molecule has 11 heteroatoms. The van der Waals surface area contributed by atoms with E-state index in [2.05, 4.69) is 0 Å². The number of halogens is 3. The van der Waals surface area contributed by atoms with E-state index in [1.54, 1.807) is 60.7 Å². The van der Waals surface area contributed by atoms with Crippen molar-refractivity contribution < 1.29 is 37.0 Å². The van der Waals surface area contributed by atoms with Crippen LogP contribution in [0.5, 0.6) is 0 Å². The standard InChI is InChI=1S/C29H23F3N2O6/c1-3-39-28(37)21-16-33(25-20(26(21)36)14-22(30)23(31)24(25)32)34(15-17(2)35)29(38)40-27(18-10-6-4-7-11-18)19-12-8-5-9-13-19/h4-14,16,27H,3,15H2,1-2H3. The minimum Gasteiger partial charge on any atom is -0.462 e. The van der Waals surface area contributed by atoms with Crippen molar-refractivity contribution in [2.24, 2.45) is 0 Å². The van der Waals surface area contributed by atoms with Crippen LogP contribution in [-0.4, -0.2) is 35.7 Å². The van der Waals surface area contributed by atoms with Crippen molar-refractivity contribution in [3.8, 4) is 0 Å². The van der Waals surface area contributed by atoms with Crippen molar-refractivity contribution in [2.75, 3.05) is 18.2 Å². The second kappa shape index (κ2) is 11.9. The smallest absolute Gasteiger partial charge is 0.430 e. The third-order valence-electron chi connectivity index (χ3n) is 5.87. The molecule has 1 aromatic heterocycles. The predicted octanol–water partition coefficient (Wildman–Crippen LogP) is 5.05. The highest BCUT2D eigenvalue weighted by atomic mass is 19.2. The largest absolute Gasteiger partial charge is 0.462 e. The fraction of sp³-hybridized carbons (Fsp3) is 0.172. The molecule has 0 atom stereocenters. The number of esters is 1. The molecule has 0 unspecified atom stereocenters. The molecule has 3 aromatic carbocycles. The SMILES string of the molecule is CCOC(=O)c1cn(N(CC(C)=O)C(=O)OC(c2ccccc2)c2ccccc2)c2c(F)c(F)c(F)cc2c1=O. The van der Waals surface area contributed by atoms with Gasteiger partial charge in [-0.15, -0.1) is 0 Å². The van der Waals surface area contributed by atoms with E-state index in [4.69, 9.17) is 9.47 Å². The van der Waals surface area contributed by atoms with Crippen LogP contribution in [0.4, 0.5) is 18.0 Å². The van der Waals surface area contributed by atoms with Crippen LogP contribution in [0.25, 0.3) is 10.9 Å². The molecule has 0 N–H and O–H groups in total. The number of carbonyl (C=O) groups is 3. The Hall–Kier alpha value is -4.93. The maximum Gasteiger partial charge on any atom is 0.430 e. The molecule has 206 valence electrons. The van der Waals surface area contributed by atoms with Crippen molar-refractivity contribution in [1.29, 1.82) is 0 Å². The van der Waals surface area contributed by atoms with E-state index in [9.17, 15) is 28.0 Å². The molecule has 0 aliphatic carbocycles. The molecule has 8 nitrogen and oxygen atoms in total. The highest BCUT2D eigenvalue weighted by Gasteiger charge is 2.30. The zero-order chi connectivity index (χ0) is 29.0. The lowest BCUT2D eigenvalue weighted by Gasteiger charge is -2.28. The molecule has 0 aliphatic heterocycles. The van der Waals surface area contributed by atoms with Gasteiger partial charge in [0.15, 0.2) is 29.3 Å². The maximum absolute atomic E-state index is 15.2. The summed E-state index contributed by atoms with van der Waals surface area (Å²) < 4.78 is 55.0. The highest BCUT2D eigenvalue weighted by molar-refractivity contribution is 5.96. The average molecular weight is 553 g/mol. The fourth-order valence-electron chi connectivity index (χ4n) is 4.10. The lowest BCUT2D eigenvalue weighted by Crippen LogP contribution is -2.45. The molecule has 0 saturated heterocycles. The van der Waals surface area contributed by atoms with E-state index < -0.39 is 69.8 Å². The van der Waals surface area contributed by atoms with E-state index in [1.807, 2.05) is 0 Å². The van der Waals surface area contributed by atoms with Gasteiger partial charge in [0.05, 0.1) is 12.0 Å². The number of fused-ring (bicyclic) bond motifs is 1. The van der Waals surface area contributed by atoms with E-state index in [1.165, 1.54) is 6.92 Å². The number of pyridine rings is 1. The molecule has 0 aliphatic rings. The summed E-state index contributed by atoms with van der Waals surface area (Å²) in [5.41, 5.74) is -1.64. The van der Waals surface area contributed by atoms with Gasteiger partial charge >= 0.3 is 12.1 Å². The predicted molar refractivity (Wildman–Crippen MR) is 139 cm³/mol. The number of nitrogens with zero attached hydrogens (tertiary/aromatic N) is 2. The number of ketones is 1. The van der Waals surface area contributed by atoms with Crippen LogP contribution in [0, 0.1) is 17.5 Å². The first-order chi connectivity index (χ1) is 19.1. The molecule has 0 saturated carbocycles. The van der Waals surface area contributed by atoms with Gasteiger partial charge in [-0.3, -0.25) is 14.3 Å². The molecule has 4 rings (SSSR count). The monoisotopic (exact) mass is 552 g/mol. The van der Waals surface area contributed by atoms with Crippen molar-refractivity contribution in [3.63, 3.8) is 0 Å². The van der Waals surface area contributed by atoms with E-state index in [0.29, 0.717) is 26.9 Å². The first-order valence-electron chi connectivity index (χ1n) is 12.1. The summed E-state index contributed by atoms with van der Waals surface area (Å²) in [4.78, 5) is 51.5. The number of carbonyl (C=O) groups excluding carboxylic acids is 3. The molecular weight excluding hydrogens is 529 g/mol. The molecule has 1 heterocycles. The topological polar surface area (TPSA) is 94.9 Å². The first kappa shape index (κ1) is 28.1. The zero-order valence-electron chi connectivity index (χ0n) is 21.4. The summed E-state index contributed by atoms with van der Waals surface area (Å²) in [6.45, 7) is 1.71. The maximum atomic E-state index is 15.2. The van der Waals surface area contributed by atoms with Crippen LogP contribution in [-0.2, 0) is 14.3 Å². The molecule has 0 fully saturated rings. The number of hydrogen-bond donors (Lipinski definition) is 0. The summed E-state index contributed by atoms with van der Waals surface area (Å²) in [6.07, 6.45) is -1.48. The Bertz CT molecular complexity index is 1600. The molecule has 40 heavy (non-hydrogen) atoms. The quantitative estimate of drug-likeness (QED) is 0.224. The normalized spacial score (nSPS) is 10.9. The second-order valence-corrected chi connectivity index (χ2v) is 8.66. The van der Waals surface area contributed by atoms with E-state index >= 15 is 4.39 Å². The summed E-state index contributed by atoms with van der Waals surface area (Å²) in [5.74, 6) is -7.20. The minimum absolute atomic E-state index is 0.141. The molecule has 1 amide bonds. The van der Waals surface area contributed by atoms with Crippen LogP contribution < -0.4 is 10.4 Å². The van der Waals surface area contributed by atoms with Gasteiger partial charge in [-0.2, -0.15) is 0 Å². The van der Waals surface area contributed by atoms with Gasteiger partial charge in [-0.1, -0.05) is 60.7 Å². The summed E-state index contributed by atoms with van der Waals surface area (Å²) in [6, 6.07) is 17.6. The van der Waals surface area contributed by atoms with Crippen molar-refractivity contribution in [1.82, 2.24) is 4.68 Å². The van der Waals surface area contributed by atoms with Gasteiger partial charge < -0.3 is 9.47 Å². The molecule has 0 radical (unpaired) electrons. The number of ether oxygens (including phenoxy) is 2. The van der Waals surface area contributed by atoms with Crippen LogP contribution >= 0.6 is 0 Å². The Kier molecular flexibility index (Phi) is 8.32. The van der Waals surface area contributed by atoms with E-state index in [0.717, 1.165) is 13.1 Å². The van der Waals surface area contributed by atoms with Crippen molar-refractivity contribution in [3.05, 3.63) is 117 Å². The summed E-state index contributed by atoms with van der Waals surface area (Å²) >= 11 is 0. The summed E-state index contributed by atoms with van der Waals surface area (Å²) in [7, 11) is 0. The van der Waals surface area contributed by atoms with Gasteiger partial charge in [-0.05, 0) is 31.0 Å². The Morgan fingerprint density at radius 1 is 0.925 bits per heavy atom. The minimum atomic E-state index is -1.92. The number of Topliss-reactive ketones (excluding diaryl/α,β-unsaturated/α-hetero) is 1. The van der Waals surface area contributed by atoms with Crippen molar-refractivity contribution in [2.45, 2.75) is 20.0 Å². The van der Waals surface area contributed by atoms with Gasteiger partial charge in [0.25, 0.3) is 0 Å². The number of aromatic nitrogens is 1. The van der Waals surface area contributed by atoms with E-state index in [-0.39, 0.29) is 6.61 Å². The average Bonchev–Trinajstić information content (AvgIpc) is 2.95. The number of hydrogen-bond acceptors (Lipinski definition) is 6. The van der Waals surface area contributed by atoms with Crippen molar-refractivity contribution >= 4 is 28.7 Å². The van der Waals surface area contributed by atoms with Gasteiger partial charge in [0, 0.05) is 6.20 Å². The Balaban J connectivity index is 1.93. The number of amides is 1. The third kappa shape index (κ3) is 5.58. The van der Waals surface area contributed by atoms with Crippen LogP contribution in [0.2, 0.25) is 0 Å². The second-order valence-electron chi connectivity index (χ2n) is 8.66. The lowest BCUT2D eigenvalue weighted by molar-refractivity contribution is -0.116. The third-order valence-corrected chi connectivity index (χ3v) is 5.87. The Labute approximate surface area is 226 Å². The molecular formula is C29H23F3N2O6. The van der Waals surface area contributed by atoms with Gasteiger partial charge in [-0.25, -0.2) is 27.8 Å². The molecule has 0 spiro atoms. The zero-order valence-corrected chi connectivity index (χ0v) is 21.4. The van der Waals surface area contributed by atoms with Crippen LogP contribution in [0.3, 0.4) is 0 Å². The first-order valence-corrected chi connectivity index (χ1v) is 12.1. The van der Waals surface area contributed by atoms with Gasteiger partial charge in [0.2, 0.25) is 5.43 Å². The lowest BCUT2D eigenvalue weighted by atomic mass is 10.0. The highest BCUT2D eigenvalue weighted by Crippen LogP contribution is 2.28. The fourth-order valence-corrected chi connectivity index (χ4v) is 4.10. The number of benzene rings is 3. The Morgan fingerprint density at radius 2 is 1.50 bits per heavy atom. The molecule has 0 bridgehead atoms.